The first-order valence-corrected chi connectivity index (χ1v) is 10.3. The van der Waals surface area contributed by atoms with Crippen LogP contribution in [0.2, 0.25) is 0 Å². The average molecular weight is 517 g/mol. The molecule has 0 saturated heterocycles. The lowest BCUT2D eigenvalue weighted by Gasteiger charge is -2.23. The van der Waals surface area contributed by atoms with Crippen molar-refractivity contribution in [3.05, 3.63) is 83.0 Å². The van der Waals surface area contributed by atoms with Gasteiger partial charge in [0.05, 0.1) is 23.2 Å². The van der Waals surface area contributed by atoms with Crippen molar-refractivity contribution in [3.63, 3.8) is 0 Å². The van der Waals surface area contributed by atoms with E-state index in [0.717, 1.165) is 24.3 Å². The molecule has 4 nitrogen and oxygen atoms in total. The molecular formula is C24H19F8N3O. The molecule has 12 heteroatoms. The quantitative estimate of drug-likeness (QED) is 0.387. The Labute approximate surface area is 200 Å². The van der Waals surface area contributed by atoms with E-state index in [1.165, 1.54) is 12.3 Å². The molecule has 3 aromatic rings. The van der Waals surface area contributed by atoms with E-state index in [2.05, 4.69) is 4.98 Å². The predicted molar refractivity (Wildman–Crippen MR) is 117 cm³/mol. The van der Waals surface area contributed by atoms with Gasteiger partial charge < -0.3 is 10.2 Å². The van der Waals surface area contributed by atoms with Crippen molar-refractivity contribution in [3.8, 4) is 11.1 Å². The van der Waals surface area contributed by atoms with E-state index in [1.807, 2.05) is 0 Å². The topological polar surface area (TPSA) is 45.2 Å². The molecule has 0 unspecified atom stereocenters. The summed E-state index contributed by atoms with van der Waals surface area (Å²) in [5.74, 6) is -5.22. The Balaban J connectivity index is 1.91. The largest absolute Gasteiger partial charge is 0.417 e. The fraction of sp³-hybridized carbons (Fsp3) is 0.250. The number of anilines is 1. The molecule has 0 aliphatic heterocycles. The number of aromatic nitrogens is 1. The third-order valence-corrected chi connectivity index (χ3v) is 5.21. The summed E-state index contributed by atoms with van der Waals surface area (Å²) in [5, 5.41) is 1.62. The van der Waals surface area contributed by atoms with Crippen LogP contribution in [0.1, 0.15) is 27.0 Å². The number of rotatable bonds is 6. The van der Waals surface area contributed by atoms with E-state index in [9.17, 15) is 39.9 Å². The lowest BCUT2D eigenvalue weighted by molar-refractivity contribution is -0.142. The second-order valence-electron chi connectivity index (χ2n) is 7.99. The molecule has 3 rings (SSSR count). The maximum Gasteiger partial charge on any atom is 0.417 e. The van der Waals surface area contributed by atoms with E-state index < -0.39 is 53.0 Å². The first-order valence-electron chi connectivity index (χ1n) is 10.3. The smallest absolute Gasteiger partial charge is 0.363 e. The van der Waals surface area contributed by atoms with Crippen molar-refractivity contribution in [2.24, 2.45) is 0 Å². The summed E-state index contributed by atoms with van der Waals surface area (Å²) in [6.07, 6.45) is -8.82. The van der Waals surface area contributed by atoms with Crippen molar-refractivity contribution in [2.75, 3.05) is 25.5 Å². The van der Waals surface area contributed by atoms with Gasteiger partial charge in [-0.15, -0.1) is 0 Å². The van der Waals surface area contributed by atoms with Gasteiger partial charge in [0.1, 0.15) is 5.82 Å². The molecule has 0 radical (unpaired) electrons. The minimum atomic E-state index is -5.18. The van der Waals surface area contributed by atoms with E-state index in [0.29, 0.717) is 24.0 Å². The molecule has 1 N–H and O–H groups in total. The summed E-state index contributed by atoms with van der Waals surface area (Å²) >= 11 is 0. The molecule has 0 fully saturated rings. The molecular weight excluding hydrogens is 498 g/mol. The molecule has 1 amide bonds. The minimum absolute atomic E-state index is 0.0252. The highest BCUT2D eigenvalue weighted by atomic mass is 19.4. The van der Waals surface area contributed by atoms with Crippen molar-refractivity contribution in [2.45, 2.75) is 18.3 Å². The van der Waals surface area contributed by atoms with Gasteiger partial charge in [0.25, 0.3) is 11.8 Å². The van der Waals surface area contributed by atoms with Gasteiger partial charge in [0, 0.05) is 31.4 Å². The summed E-state index contributed by atoms with van der Waals surface area (Å²) in [6.45, 7) is -1.65. The van der Waals surface area contributed by atoms with E-state index in [-0.39, 0.29) is 11.1 Å². The Bertz CT molecular complexity index is 1240. The van der Waals surface area contributed by atoms with E-state index >= 15 is 0 Å². The number of benzene rings is 2. The maximum absolute atomic E-state index is 14.9. The Morgan fingerprint density at radius 1 is 0.806 bits per heavy atom. The number of halogens is 8. The van der Waals surface area contributed by atoms with E-state index in [4.69, 9.17) is 0 Å². The molecule has 36 heavy (non-hydrogen) atoms. The van der Waals surface area contributed by atoms with Crippen molar-refractivity contribution >= 4 is 11.7 Å². The fourth-order valence-corrected chi connectivity index (χ4v) is 3.41. The van der Waals surface area contributed by atoms with Crippen LogP contribution in [0.5, 0.6) is 0 Å². The van der Waals surface area contributed by atoms with Crippen LogP contribution in [0, 0.1) is 0 Å². The highest BCUT2D eigenvalue weighted by Crippen LogP contribution is 2.41. The Kier molecular flexibility index (Phi) is 7.28. The highest BCUT2D eigenvalue weighted by Gasteiger charge is 2.43. The lowest BCUT2D eigenvalue weighted by atomic mass is 9.95. The van der Waals surface area contributed by atoms with Crippen LogP contribution in [0.15, 0.2) is 60.8 Å². The second kappa shape index (κ2) is 9.75. The Morgan fingerprint density at radius 2 is 1.42 bits per heavy atom. The fourth-order valence-electron chi connectivity index (χ4n) is 3.41. The number of carbonyl (C=O) groups excluding carboxylic acids is 1. The number of amides is 1. The highest BCUT2D eigenvalue weighted by molar-refractivity contribution is 5.95. The lowest BCUT2D eigenvalue weighted by Crippen LogP contribution is -2.37. The van der Waals surface area contributed by atoms with E-state index in [1.54, 1.807) is 30.4 Å². The van der Waals surface area contributed by atoms with Crippen LogP contribution in [-0.4, -0.2) is 31.5 Å². The number of nitrogens with zero attached hydrogens (tertiary/aromatic N) is 2. The summed E-state index contributed by atoms with van der Waals surface area (Å²) in [5.41, 5.74) is -5.14. The molecule has 0 bridgehead atoms. The third-order valence-electron chi connectivity index (χ3n) is 5.21. The second-order valence-corrected chi connectivity index (χ2v) is 7.99. The van der Waals surface area contributed by atoms with Gasteiger partial charge >= 0.3 is 12.4 Å². The summed E-state index contributed by atoms with van der Waals surface area (Å²) < 4.78 is 110. The zero-order chi connectivity index (χ0) is 26.9. The first kappa shape index (κ1) is 26.9. The van der Waals surface area contributed by atoms with Crippen LogP contribution >= 0.6 is 0 Å². The monoisotopic (exact) mass is 517 g/mol. The molecule has 0 atom stereocenters. The van der Waals surface area contributed by atoms with Gasteiger partial charge in [-0.3, -0.25) is 4.79 Å². The molecule has 1 heterocycles. The summed E-state index contributed by atoms with van der Waals surface area (Å²) in [6, 6.07) is 8.66. The number of nitrogens with one attached hydrogen (secondary N) is 1. The number of alkyl halides is 8. The molecule has 0 saturated carbocycles. The van der Waals surface area contributed by atoms with Crippen LogP contribution in [0.3, 0.4) is 0 Å². The van der Waals surface area contributed by atoms with Crippen molar-refractivity contribution in [1.29, 1.82) is 0 Å². The molecule has 0 aliphatic rings. The molecule has 0 aliphatic carbocycles. The number of hydrogen-bond donors (Lipinski definition) is 1. The summed E-state index contributed by atoms with van der Waals surface area (Å²) in [4.78, 5) is 18.0. The first-order chi connectivity index (χ1) is 16.6. The normalized spacial score (nSPS) is 12.4. The average Bonchev–Trinajstić information content (AvgIpc) is 2.81. The van der Waals surface area contributed by atoms with Gasteiger partial charge in [-0.25, -0.2) is 4.98 Å². The number of pyridine rings is 1. The molecule has 2 aromatic carbocycles. The minimum Gasteiger partial charge on any atom is -0.363 e. The van der Waals surface area contributed by atoms with Gasteiger partial charge in [-0.1, -0.05) is 24.3 Å². The number of carbonyl (C=O) groups is 1. The SMILES string of the molecule is CN(C)c1ccc(-c2ccc(C(F)(F)CNC(=O)c3ccccc3C(F)(F)F)c(C(F)(F)F)c2)cn1. The van der Waals surface area contributed by atoms with Crippen LogP contribution in [0.4, 0.5) is 40.9 Å². The van der Waals surface area contributed by atoms with Crippen LogP contribution in [-0.2, 0) is 18.3 Å². The zero-order valence-corrected chi connectivity index (χ0v) is 18.8. The Morgan fingerprint density at radius 3 is 1.97 bits per heavy atom. The zero-order valence-electron chi connectivity index (χ0n) is 18.8. The Hall–Kier alpha value is -3.70. The predicted octanol–water partition coefficient (Wildman–Crippen LogP) is 6.37. The third kappa shape index (κ3) is 5.92. The number of hydrogen-bond acceptors (Lipinski definition) is 3. The van der Waals surface area contributed by atoms with Gasteiger partial charge in [-0.05, 0) is 35.9 Å². The summed E-state index contributed by atoms with van der Waals surface area (Å²) in [7, 11) is 3.42. The molecule has 192 valence electrons. The van der Waals surface area contributed by atoms with Gasteiger partial charge in [0.2, 0.25) is 0 Å². The maximum atomic E-state index is 14.9. The van der Waals surface area contributed by atoms with Gasteiger partial charge in [0.15, 0.2) is 0 Å². The van der Waals surface area contributed by atoms with Crippen LogP contribution in [0.25, 0.3) is 11.1 Å². The van der Waals surface area contributed by atoms with Crippen molar-refractivity contribution < 1.29 is 39.9 Å². The molecule has 0 spiro atoms. The van der Waals surface area contributed by atoms with Gasteiger partial charge in [-0.2, -0.15) is 35.1 Å². The molecule has 1 aromatic heterocycles. The van der Waals surface area contributed by atoms with Crippen molar-refractivity contribution in [1.82, 2.24) is 10.3 Å². The standard InChI is InChI=1S/C24H19F8N3O/c1-35(2)20-10-8-15(12-33-20)14-7-9-18(19(11-14)24(30,31)32)22(25,26)13-34-21(36)16-5-3-4-6-17(16)23(27,28)29/h3-12H,13H2,1-2H3,(H,34,36). The van der Waals surface area contributed by atoms with Crippen LogP contribution < -0.4 is 10.2 Å².